The van der Waals surface area contributed by atoms with Crippen molar-refractivity contribution >= 4 is 34.8 Å². The Morgan fingerprint density at radius 1 is 1.17 bits per heavy atom. The number of rotatable bonds is 6. The van der Waals surface area contributed by atoms with Crippen LogP contribution in [0.5, 0.6) is 0 Å². The zero-order valence-electron chi connectivity index (χ0n) is 22.8. The molecule has 3 N–H and O–H groups in total. The molecule has 2 fully saturated rings. The summed E-state index contributed by atoms with van der Waals surface area (Å²) >= 11 is 6.31. The van der Waals surface area contributed by atoms with Crippen molar-refractivity contribution in [3.8, 4) is 11.3 Å². The van der Waals surface area contributed by atoms with Gasteiger partial charge in [0.25, 0.3) is 5.90 Å². The van der Waals surface area contributed by atoms with Gasteiger partial charge in [-0.15, -0.1) is 0 Å². The van der Waals surface area contributed by atoms with Gasteiger partial charge in [0.15, 0.2) is 18.0 Å². The SMILES string of the molecule is C[C@H]1CC[C@H](Cn2c(C3(c4ccccc4)CCC3)nc3nc(C(=N)OC(N)=O)nc(-c4cc(Cl)c[n+]([O-])c4)c32)CC1. The van der Waals surface area contributed by atoms with E-state index < -0.39 is 12.0 Å². The van der Waals surface area contributed by atoms with Gasteiger partial charge in [0, 0.05) is 6.54 Å². The molecule has 0 spiro atoms. The molecule has 0 radical (unpaired) electrons. The summed E-state index contributed by atoms with van der Waals surface area (Å²) in [6, 6.07) is 12.1. The third-order valence-corrected chi connectivity index (χ3v) is 8.84. The van der Waals surface area contributed by atoms with E-state index in [2.05, 4.69) is 45.7 Å². The van der Waals surface area contributed by atoms with Crippen LogP contribution in [0.2, 0.25) is 5.02 Å². The molecule has 3 aromatic heterocycles. The number of carbonyl (C=O) groups is 1. The molecule has 4 aromatic rings. The van der Waals surface area contributed by atoms with Gasteiger partial charge in [-0.1, -0.05) is 68.1 Å². The average Bonchev–Trinajstić information content (AvgIpc) is 3.26. The van der Waals surface area contributed by atoms with E-state index in [0.29, 0.717) is 39.0 Å². The number of ether oxygens (including phenoxy) is 1. The van der Waals surface area contributed by atoms with E-state index in [4.69, 9.17) is 32.5 Å². The van der Waals surface area contributed by atoms with Crippen molar-refractivity contribution in [2.45, 2.75) is 63.8 Å². The number of carbonyl (C=O) groups excluding carboxylic acids is 1. The molecule has 2 aliphatic rings. The molecule has 0 bridgehead atoms. The highest BCUT2D eigenvalue weighted by Gasteiger charge is 2.45. The summed E-state index contributed by atoms with van der Waals surface area (Å²) in [7, 11) is 0. The molecule has 6 rings (SSSR count). The van der Waals surface area contributed by atoms with Crippen molar-refractivity contribution in [1.82, 2.24) is 19.5 Å². The van der Waals surface area contributed by atoms with Gasteiger partial charge in [-0.25, -0.2) is 19.7 Å². The van der Waals surface area contributed by atoms with Crippen molar-refractivity contribution < 1.29 is 14.3 Å². The lowest BCUT2D eigenvalue weighted by Crippen LogP contribution is -2.39. The zero-order chi connectivity index (χ0) is 28.7. The number of nitrogens with zero attached hydrogens (tertiary/aromatic N) is 5. The van der Waals surface area contributed by atoms with E-state index in [9.17, 15) is 10.0 Å². The fourth-order valence-corrected chi connectivity index (χ4v) is 6.59. The number of benzene rings is 1. The quantitative estimate of drug-likeness (QED) is 0.135. The van der Waals surface area contributed by atoms with Crippen molar-refractivity contribution in [2.75, 3.05) is 0 Å². The smallest absolute Gasteiger partial charge is 0.411 e. The Morgan fingerprint density at radius 3 is 2.54 bits per heavy atom. The normalized spacial score (nSPS) is 20.0. The molecule has 1 aromatic carbocycles. The lowest BCUT2D eigenvalue weighted by Gasteiger charge is -2.42. The number of nitrogens with one attached hydrogen (secondary N) is 1. The maximum absolute atomic E-state index is 12.5. The number of halogens is 1. The van der Waals surface area contributed by atoms with Crippen LogP contribution in [0, 0.1) is 22.5 Å². The summed E-state index contributed by atoms with van der Waals surface area (Å²) in [6.45, 7) is 3.04. The van der Waals surface area contributed by atoms with Crippen LogP contribution in [0.1, 0.15) is 69.1 Å². The van der Waals surface area contributed by atoms with Crippen LogP contribution in [-0.2, 0) is 16.7 Å². The maximum Gasteiger partial charge on any atom is 0.411 e. The number of hydrogen-bond acceptors (Lipinski definition) is 7. The van der Waals surface area contributed by atoms with Crippen LogP contribution in [0.15, 0.2) is 48.8 Å². The maximum atomic E-state index is 12.5. The lowest BCUT2D eigenvalue weighted by atomic mass is 9.63. The minimum atomic E-state index is -1.14. The first-order valence-electron chi connectivity index (χ1n) is 14.0. The first-order valence-corrected chi connectivity index (χ1v) is 14.4. The third kappa shape index (κ3) is 5.12. The van der Waals surface area contributed by atoms with Crippen LogP contribution in [-0.4, -0.2) is 31.5 Å². The van der Waals surface area contributed by atoms with Gasteiger partial charge in [-0.3, -0.25) is 5.41 Å². The van der Waals surface area contributed by atoms with Crippen LogP contribution in [0.4, 0.5) is 4.79 Å². The Morgan fingerprint density at radius 2 is 1.90 bits per heavy atom. The van der Waals surface area contributed by atoms with Gasteiger partial charge in [-0.05, 0) is 49.1 Å². The van der Waals surface area contributed by atoms with E-state index in [1.165, 1.54) is 30.8 Å². The van der Waals surface area contributed by atoms with Crippen LogP contribution < -0.4 is 10.5 Å². The van der Waals surface area contributed by atoms with Crippen molar-refractivity contribution in [1.29, 1.82) is 5.41 Å². The number of primary amides is 1. The van der Waals surface area contributed by atoms with Gasteiger partial charge in [0.05, 0.1) is 11.0 Å². The average molecular weight is 574 g/mol. The van der Waals surface area contributed by atoms with Gasteiger partial charge in [0.2, 0.25) is 5.82 Å². The lowest BCUT2D eigenvalue weighted by molar-refractivity contribution is -0.604. The van der Waals surface area contributed by atoms with Crippen LogP contribution in [0.3, 0.4) is 0 Å². The molecule has 212 valence electrons. The molecule has 2 saturated carbocycles. The Hall–Kier alpha value is -4.05. The first kappa shape index (κ1) is 27.1. The predicted molar refractivity (Wildman–Crippen MR) is 154 cm³/mol. The van der Waals surface area contributed by atoms with Gasteiger partial charge in [0.1, 0.15) is 22.1 Å². The summed E-state index contributed by atoms with van der Waals surface area (Å²) in [5, 5.41) is 21.0. The number of aromatic nitrogens is 5. The van der Waals surface area contributed by atoms with Gasteiger partial charge in [-0.2, -0.15) is 4.73 Å². The summed E-state index contributed by atoms with van der Waals surface area (Å²) < 4.78 is 7.70. The topological polar surface area (TPSA) is 147 Å². The van der Waals surface area contributed by atoms with E-state index in [0.717, 1.165) is 44.5 Å². The molecule has 0 aliphatic heterocycles. The van der Waals surface area contributed by atoms with Crippen molar-refractivity contribution in [2.24, 2.45) is 17.6 Å². The Bertz CT molecular complexity index is 1610. The Labute approximate surface area is 242 Å². The number of fused-ring (bicyclic) bond motifs is 1. The van der Waals surface area contributed by atoms with E-state index >= 15 is 0 Å². The largest absolute Gasteiger partial charge is 0.619 e. The molecule has 41 heavy (non-hydrogen) atoms. The molecule has 10 nitrogen and oxygen atoms in total. The summed E-state index contributed by atoms with van der Waals surface area (Å²) in [5.74, 6) is 1.30. The summed E-state index contributed by atoms with van der Waals surface area (Å²) in [5.41, 5.74) is 7.94. The van der Waals surface area contributed by atoms with Gasteiger partial charge >= 0.3 is 6.09 Å². The van der Waals surface area contributed by atoms with E-state index in [1.54, 1.807) is 6.07 Å². The fourth-order valence-electron chi connectivity index (χ4n) is 6.38. The van der Waals surface area contributed by atoms with E-state index in [1.807, 2.05) is 6.07 Å². The molecule has 0 unspecified atom stereocenters. The van der Waals surface area contributed by atoms with Crippen LogP contribution in [0.25, 0.3) is 22.4 Å². The highest BCUT2D eigenvalue weighted by molar-refractivity contribution is 6.30. The molecule has 3 heterocycles. The second-order valence-corrected chi connectivity index (χ2v) is 11.8. The molecule has 11 heteroatoms. The predicted octanol–water partition coefficient (Wildman–Crippen LogP) is 5.50. The number of nitrogens with two attached hydrogens (primary N) is 1. The number of amides is 1. The van der Waals surface area contributed by atoms with Crippen molar-refractivity contribution in [3.05, 3.63) is 76.2 Å². The van der Waals surface area contributed by atoms with Crippen LogP contribution >= 0.6 is 11.6 Å². The second-order valence-electron chi connectivity index (χ2n) is 11.4. The molecular formula is C30H32ClN7O3. The molecule has 0 atom stereocenters. The summed E-state index contributed by atoms with van der Waals surface area (Å²) in [6.07, 6.45) is 9.03. The first-order chi connectivity index (χ1) is 19.7. The van der Waals surface area contributed by atoms with Gasteiger partial charge < -0.3 is 20.2 Å². The standard InChI is InChI=1S/C30H32ClN7O3/c1-18-8-10-19(11-9-18)15-38-24-23(20-14-22(31)17-37(40)16-20)34-27(25(32)41-29(33)39)35-26(24)36-28(38)30(12-5-13-30)21-6-3-2-4-7-21/h2-4,6-7,14,16-19,32H,5,8-13,15H2,1H3,(H2,33,39)/t18-,19-. The number of hydrogen-bond donors (Lipinski definition) is 2. The monoisotopic (exact) mass is 573 g/mol. The Kier molecular flexibility index (Phi) is 7.11. The highest BCUT2D eigenvalue weighted by Crippen LogP contribution is 2.50. The molecule has 1 amide bonds. The molecular weight excluding hydrogens is 542 g/mol. The van der Waals surface area contributed by atoms with Crippen molar-refractivity contribution in [3.63, 3.8) is 0 Å². The highest BCUT2D eigenvalue weighted by atomic mass is 35.5. The number of imidazole rings is 1. The second kappa shape index (κ2) is 10.7. The zero-order valence-corrected chi connectivity index (χ0v) is 23.6. The molecule has 2 aliphatic carbocycles. The fraction of sp³-hybridized carbons (Fsp3) is 0.400. The van der Waals surface area contributed by atoms with E-state index in [-0.39, 0.29) is 16.3 Å². The third-order valence-electron chi connectivity index (χ3n) is 8.63. The number of pyridine rings is 1. The Balaban J connectivity index is 1.62. The minimum absolute atomic E-state index is 0.159. The molecule has 0 saturated heterocycles. The summed E-state index contributed by atoms with van der Waals surface area (Å²) in [4.78, 5) is 25.8. The minimum Gasteiger partial charge on any atom is -0.619 e.